The van der Waals surface area contributed by atoms with Gasteiger partial charge in [0, 0.05) is 18.2 Å². The number of halogens is 2. The van der Waals surface area contributed by atoms with Crippen molar-refractivity contribution in [2.75, 3.05) is 13.2 Å². The maximum Gasteiger partial charge on any atom is 0.161 e. The Labute approximate surface area is 129 Å². The van der Waals surface area contributed by atoms with Crippen LogP contribution in [0.5, 0.6) is 11.5 Å². The van der Waals surface area contributed by atoms with Crippen LogP contribution >= 0.6 is 34.2 Å². The molecule has 0 atom stereocenters. The third-order valence-electron chi connectivity index (χ3n) is 2.71. The molecule has 19 heavy (non-hydrogen) atoms. The van der Waals surface area contributed by atoms with Crippen molar-refractivity contribution in [3.63, 3.8) is 0 Å². The van der Waals surface area contributed by atoms with Gasteiger partial charge in [-0.15, -0.1) is 0 Å². The topological polar surface area (TPSA) is 44.2 Å². The second-order valence-corrected chi connectivity index (χ2v) is 5.56. The molecule has 0 spiro atoms. The van der Waals surface area contributed by atoms with Crippen LogP contribution in [0.1, 0.15) is 6.42 Å². The molecule has 3 rings (SSSR count). The first-order valence-electron chi connectivity index (χ1n) is 5.82. The van der Waals surface area contributed by atoms with Gasteiger partial charge in [0.05, 0.1) is 16.8 Å². The van der Waals surface area contributed by atoms with Crippen molar-refractivity contribution in [1.29, 1.82) is 0 Å². The minimum atomic E-state index is 0.456. The highest BCUT2D eigenvalue weighted by Gasteiger charge is 2.13. The summed E-state index contributed by atoms with van der Waals surface area (Å²) in [4.78, 5) is 8.55. The highest BCUT2D eigenvalue weighted by molar-refractivity contribution is 14.1. The lowest BCUT2D eigenvalue weighted by Gasteiger charge is -2.09. The van der Waals surface area contributed by atoms with Crippen LogP contribution in [0.3, 0.4) is 0 Å². The molecule has 0 unspecified atom stereocenters. The average Bonchev–Trinajstić information content (AvgIpc) is 2.66. The van der Waals surface area contributed by atoms with E-state index >= 15 is 0 Å². The SMILES string of the molecule is Clc1nc(-c2ccc3c(c2)OCCCO3)ncc1I. The Morgan fingerprint density at radius 1 is 1.16 bits per heavy atom. The molecular formula is C13H10ClIN2O2. The van der Waals surface area contributed by atoms with E-state index in [0.29, 0.717) is 24.2 Å². The van der Waals surface area contributed by atoms with Crippen LogP contribution in [0.4, 0.5) is 0 Å². The first-order chi connectivity index (χ1) is 9.24. The summed E-state index contributed by atoms with van der Waals surface area (Å²) in [7, 11) is 0. The summed E-state index contributed by atoms with van der Waals surface area (Å²) in [6, 6.07) is 5.68. The van der Waals surface area contributed by atoms with Crippen molar-refractivity contribution in [1.82, 2.24) is 9.97 Å². The summed E-state index contributed by atoms with van der Waals surface area (Å²) in [6.07, 6.45) is 2.59. The Bertz CT molecular complexity index is 622. The molecule has 0 saturated carbocycles. The van der Waals surface area contributed by atoms with Crippen LogP contribution in [0.25, 0.3) is 11.4 Å². The Kier molecular flexibility index (Phi) is 3.74. The number of nitrogens with zero attached hydrogens (tertiary/aromatic N) is 2. The van der Waals surface area contributed by atoms with Crippen molar-refractivity contribution in [3.8, 4) is 22.9 Å². The first-order valence-corrected chi connectivity index (χ1v) is 7.28. The van der Waals surface area contributed by atoms with E-state index in [2.05, 4.69) is 32.6 Å². The minimum Gasteiger partial charge on any atom is -0.490 e. The highest BCUT2D eigenvalue weighted by Crippen LogP contribution is 2.33. The molecule has 0 saturated heterocycles. The average molecular weight is 389 g/mol. The zero-order chi connectivity index (χ0) is 13.2. The van der Waals surface area contributed by atoms with Gasteiger partial charge in [-0.25, -0.2) is 9.97 Å². The maximum absolute atomic E-state index is 6.02. The van der Waals surface area contributed by atoms with Crippen molar-refractivity contribution < 1.29 is 9.47 Å². The molecule has 0 aliphatic carbocycles. The van der Waals surface area contributed by atoms with E-state index in [1.165, 1.54) is 0 Å². The van der Waals surface area contributed by atoms with E-state index < -0.39 is 0 Å². The van der Waals surface area contributed by atoms with E-state index in [-0.39, 0.29) is 0 Å². The predicted molar refractivity (Wildman–Crippen MR) is 80.8 cm³/mol. The summed E-state index contributed by atoms with van der Waals surface area (Å²) < 4.78 is 12.1. The Hall–Kier alpha value is -1.08. The number of ether oxygens (including phenoxy) is 2. The molecule has 1 aromatic heterocycles. The Balaban J connectivity index is 2.01. The van der Waals surface area contributed by atoms with Gasteiger partial charge in [-0.2, -0.15) is 0 Å². The smallest absolute Gasteiger partial charge is 0.161 e. The number of aromatic nitrogens is 2. The zero-order valence-electron chi connectivity index (χ0n) is 9.90. The molecule has 2 aromatic rings. The summed E-state index contributed by atoms with van der Waals surface area (Å²) in [6.45, 7) is 1.34. The molecular weight excluding hydrogens is 379 g/mol. The number of hydrogen-bond acceptors (Lipinski definition) is 4. The molecule has 98 valence electrons. The number of benzene rings is 1. The van der Waals surface area contributed by atoms with Crippen molar-refractivity contribution in [2.45, 2.75) is 6.42 Å². The number of hydrogen-bond donors (Lipinski definition) is 0. The largest absolute Gasteiger partial charge is 0.490 e. The van der Waals surface area contributed by atoms with E-state index in [0.717, 1.165) is 27.1 Å². The summed E-state index contributed by atoms with van der Waals surface area (Å²) in [5, 5.41) is 0.456. The Morgan fingerprint density at radius 2 is 1.95 bits per heavy atom. The van der Waals surface area contributed by atoms with E-state index in [9.17, 15) is 0 Å². The standard InChI is InChI=1S/C13H10ClIN2O2/c14-12-9(15)7-16-13(17-12)8-2-3-10-11(6-8)19-5-1-4-18-10/h2-3,6-7H,1,4-5H2. The van der Waals surface area contributed by atoms with Gasteiger partial charge >= 0.3 is 0 Å². The molecule has 1 aliphatic heterocycles. The number of fused-ring (bicyclic) bond motifs is 1. The second kappa shape index (κ2) is 5.50. The fraction of sp³-hybridized carbons (Fsp3) is 0.231. The van der Waals surface area contributed by atoms with Crippen LogP contribution in [0.15, 0.2) is 24.4 Å². The van der Waals surface area contributed by atoms with Gasteiger partial charge in [0.1, 0.15) is 5.15 Å². The molecule has 1 aromatic carbocycles. The molecule has 0 N–H and O–H groups in total. The van der Waals surface area contributed by atoms with Crippen molar-refractivity contribution in [2.24, 2.45) is 0 Å². The van der Waals surface area contributed by atoms with Crippen LogP contribution in [0, 0.1) is 3.57 Å². The third kappa shape index (κ3) is 2.76. The molecule has 0 radical (unpaired) electrons. The van der Waals surface area contributed by atoms with E-state index in [4.69, 9.17) is 21.1 Å². The summed E-state index contributed by atoms with van der Waals surface area (Å²) in [5.41, 5.74) is 0.863. The summed E-state index contributed by atoms with van der Waals surface area (Å²) in [5.74, 6) is 2.08. The lowest BCUT2D eigenvalue weighted by Crippen LogP contribution is -1.97. The fourth-order valence-corrected chi connectivity index (χ4v) is 2.18. The van der Waals surface area contributed by atoms with Gasteiger partial charge < -0.3 is 9.47 Å². The lowest BCUT2D eigenvalue weighted by molar-refractivity contribution is 0.297. The van der Waals surface area contributed by atoms with Crippen LogP contribution < -0.4 is 9.47 Å². The zero-order valence-corrected chi connectivity index (χ0v) is 12.8. The highest BCUT2D eigenvalue weighted by atomic mass is 127. The molecule has 6 heteroatoms. The first kappa shape index (κ1) is 12.9. The quantitative estimate of drug-likeness (QED) is 0.553. The van der Waals surface area contributed by atoms with Gasteiger partial charge in [-0.1, -0.05) is 11.6 Å². The van der Waals surface area contributed by atoms with Gasteiger partial charge in [0.25, 0.3) is 0 Å². The lowest BCUT2D eigenvalue weighted by atomic mass is 10.2. The molecule has 0 fully saturated rings. The van der Waals surface area contributed by atoms with Crippen LogP contribution in [-0.2, 0) is 0 Å². The van der Waals surface area contributed by atoms with Gasteiger partial charge in [-0.05, 0) is 40.8 Å². The van der Waals surface area contributed by atoms with Gasteiger partial charge in [0.2, 0.25) is 0 Å². The monoisotopic (exact) mass is 388 g/mol. The maximum atomic E-state index is 6.02. The van der Waals surface area contributed by atoms with E-state index in [1.807, 2.05) is 18.2 Å². The predicted octanol–water partition coefficient (Wildman–Crippen LogP) is 3.56. The Morgan fingerprint density at radius 3 is 2.74 bits per heavy atom. The number of rotatable bonds is 1. The van der Waals surface area contributed by atoms with Crippen molar-refractivity contribution in [3.05, 3.63) is 33.1 Å². The van der Waals surface area contributed by atoms with Crippen LogP contribution in [-0.4, -0.2) is 23.2 Å². The fourth-order valence-electron chi connectivity index (χ4n) is 1.79. The normalized spacial score (nSPS) is 14.0. The molecule has 2 heterocycles. The molecule has 1 aliphatic rings. The van der Waals surface area contributed by atoms with Crippen LogP contribution in [0.2, 0.25) is 5.15 Å². The van der Waals surface area contributed by atoms with Crippen molar-refractivity contribution >= 4 is 34.2 Å². The third-order valence-corrected chi connectivity index (χ3v) is 4.10. The summed E-state index contributed by atoms with van der Waals surface area (Å²) >= 11 is 8.12. The van der Waals surface area contributed by atoms with Gasteiger partial charge in [0.15, 0.2) is 17.3 Å². The minimum absolute atomic E-state index is 0.456. The molecule has 4 nitrogen and oxygen atoms in total. The van der Waals surface area contributed by atoms with Gasteiger partial charge in [-0.3, -0.25) is 0 Å². The van der Waals surface area contributed by atoms with E-state index in [1.54, 1.807) is 6.20 Å². The second-order valence-electron chi connectivity index (χ2n) is 4.04. The molecule has 0 amide bonds. The molecule has 0 bridgehead atoms.